The molecule has 1 fully saturated rings. The van der Waals surface area contributed by atoms with Crippen molar-refractivity contribution in [1.82, 2.24) is 14.2 Å². The molecular weight excluding hydrogens is 326 g/mol. The minimum Gasteiger partial charge on any atom is -0.470 e. The highest BCUT2D eigenvalue weighted by molar-refractivity contribution is 7.89. The van der Waals surface area contributed by atoms with Crippen LogP contribution in [0.1, 0.15) is 5.56 Å². The van der Waals surface area contributed by atoms with Gasteiger partial charge in [-0.05, 0) is 24.7 Å². The van der Waals surface area contributed by atoms with Gasteiger partial charge in [-0.15, -0.1) is 0 Å². The number of benzene rings is 1. The molecule has 0 spiro atoms. The van der Waals surface area contributed by atoms with Crippen molar-refractivity contribution in [2.45, 2.75) is 23.6 Å². The zero-order valence-corrected chi connectivity index (χ0v) is 14.2. The van der Waals surface area contributed by atoms with Crippen molar-refractivity contribution in [3.05, 3.63) is 54.2 Å². The maximum Gasteiger partial charge on any atom is 0.249 e. The van der Waals surface area contributed by atoms with Gasteiger partial charge in [0.05, 0.1) is 6.04 Å². The molecule has 0 amide bonds. The molecule has 24 heavy (non-hydrogen) atoms. The number of pyridine rings is 1. The van der Waals surface area contributed by atoms with E-state index in [2.05, 4.69) is 9.88 Å². The molecule has 0 bridgehead atoms. The first-order chi connectivity index (χ1) is 11.6. The molecule has 0 aliphatic carbocycles. The van der Waals surface area contributed by atoms with E-state index in [1.807, 2.05) is 37.4 Å². The van der Waals surface area contributed by atoms with Gasteiger partial charge in [0.25, 0.3) is 0 Å². The van der Waals surface area contributed by atoms with Gasteiger partial charge < -0.3 is 9.64 Å². The lowest BCUT2D eigenvalue weighted by atomic mass is 10.1. The fourth-order valence-corrected chi connectivity index (χ4v) is 5.11. The first-order valence-electron chi connectivity index (χ1n) is 7.92. The lowest BCUT2D eigenvalue weighted by molar-refractivity contribution is 0.145. The molecule has 2 atom stereocenters. The molecule has 1 aromatic heterocycles. The molecule has 7 heteroatoms. The molecule has 0 radical (unpaired) electrons. The van der Waals surface area contributed by atoms with E-state index >= 15 is 0 Å². The third-order valence-electron chi connectivity index (χ3n) is 4.56. The van der Waals surface area contributed by atoms with E-state index in [4.69, 9.17) is 4.74 Å². The Morgan fingerprint density at radius 2 is 1.96 bits per heavy atom. The van der Waals surface area contributed by atoms with Crippen LogP contribution < -0.4 is 4.74 Å². The summed E-state index contributed by atoms with van der Waals surface area (Å²) in [6, 6.07) is 12.6. The van der Waals surface area contributed by atoms with Crippen LogP contribution in [-0.2, 0) is 16.6 Å². The summed E-state index contributed by atoms with van der Waals surface area (Å²) in [5.74, 6) is 0.207. The molecule has 2 aliphatic heterocycles. The largest absolute Gasteiger partial charge is 0.470 e. The second-order valence-corrected chi connectivity index (χ2v) is 8.15. The third-order valence-corrected chi connectivity index (χ3v) is 6.44. The van der Waals surface area contributed by atoms with Crippen molar-refractivity contribution in [3.8, 4) is 5.88 Å². The van der Waals surface area contributed by atoms with Gasteiger partial charge in [0, 0.05) is 25.8 Å². The van der Waals surface area contributed by atoms with Crippen LogP contribution in [0.4, 0.5) is 0 Å². The summed E-state index contributed by atoms with van der Waals surface area (Å²) in [6.45, 7) is 1.65. The zero-order chi connectivity index (χ0) is 16.7. The molecule has 2 aromatic rings. The number of likely N-dealkylation sites (N-methyl/N-ethyl adjacent to an activating group) is 1. The minimum absolute atomic E-state index is 0.151. The van der Waals surface area contributed by atoms with Gasteiger partial charge in [-0.1, -0.05) is 30.3 Å². The Balaban J connectivity index is 1.81. The fraction of sp³-hybridized carbons (Fsp3) is 0.353. The van der Waals surface area contributed by atoms with Crippen LogP contribution in [0, 0.1) is 0 Å². The molecule has 4 rings (SSSR count). The van der Waals surface area contributed by atoms with Crippen molar-refractivity contribution in [2.75, 3.05) is 20.1 Å². The highest BCUT2D eigenvalue weighted by Crippen LogP contribution is 2.35. The minimum atomic E-state index is -3.68. The Hall–Kier alpha value is -1.96. The molecular formula is C17H19N3O3S. The Morgan fingerprint density at radius 3 is 2.75 bits per heavy atom. The van der Waals surface area contributed by atoms with Crippen molar-refractivity contribution in [3.63, 3.8) is 0 Å². The molecule has 126 valence electrons. The van der Waals surface area contributed by atoms with E-state index in [1.54, 1.807) is 22.6 Å². The summed E-state index contributed by atoms with van der Waals surface area (Å²) < 4.78 is 34.1. The molecule has 1 saturated heterocycles. The Bertz CT molecular complexity index is 841. The number of ether oxygens (including phenoxy) is 1. The van der Waals surface area contributed by atoms with Crippen LogP contribution in [0.2, 0.25) is 0 Å². The Labute approximate surface area is 141 Å². The highest BCUT2D eigenvalue weighted by atomic mass is 32.2. The van der Waals surface area contributed by atoms with E-state index in [9.17, 15) is 8.42 Å². The first-order valence-corrected chi connectivity index (χ1v) is 9.36. The normalized spacial score (nSPS) is 26.2. The number of hydrogen-bond donors (Lipinski definition) is 0. The van der Waals surface area contributed by atoms with Crippen LogP contribution in [0.15, 0.2) is 53.6 Å². The van der Waals surface area contributed by atoms with E-state index < -0.39 is 10.0 Å². The highest BCUT2D eigenvalue weighted by Gasteiger charge is 2.46. The van der Waals surface area contributed by atoms with Crippen LogP contribution in [-0.4, -0.2) is 54.9 Å². The lowest BCUT2D eigenvalue weighted by Gasteiger charge is -2.28. The van der Waals surface area contributed by atoms with Gasteiger partial charge in [-0.25, -0.2) is 13.4 Å². The number of hydrogen-bond acceptors (Lipinski definition) is 5. The summed E-state index contributed by atoms with van der Waals surface area (Å²) in [5, 5.41) is 0. The second kappa shape index (κ2) is 5.84. The predicted octanol–water partition coefficient (Wildman–Crippen LogP) is 1.35. The topological polar surface area (TPSA) is 62.7 Å². The monoisotopic (exact) mass is 345 g/mol. The van der Waals surface area contributed by atoms with Crippen molar-refractivity contribution >= 4 is 10.0 Å². The second-order valence-electron chi connectivity index (χ2n) is 6.29. The quantitative estimate of drug-likeness (QED) is 0.822. The molecule has 2 aliphatic rings. The summed E-state index contributed by atoms with van der Waals surface area (Å²) in [4.78, 5) is 6.40. The number of likely N-dealkylation sites (tertiary alicyclic amines) is 1. The molecule has 0 unspecified atom stereocenters. The fourth-order valence-electron chi connectivity index (χ4n) is 3.41. The molecule has 0 saturated carbocycles. The maximum atomic E-state index is 13.3. The molecule has 6 nitrogen and oxygen atoms in total. The van der Waals surface area contributed by atoms with Gasteiger partial charge in [-0.2, -0.15) is 4.31 Å². The number of rotatable bonds is 2. The summed E-state index contributed by atoms with van der Waals surface area (Å²) in [6.07, 6.45) is 1.35. The van der Waals surface area contributed by atoms with Gasteiger partial charge in [0.15, 0.2) is 0 Å². The van der Waals surface area contributed by atoms with Crippen LogP contribution >= 0.6 is 0 Å². The summed E-state index contributed by atoms with van der Waals surface area (Å²) in [7, 11) is -1.70. The van der Waals surface area contributed by atoms with Crippen molar-refractivity contribution in [2.24, 2.45) is 0 Å². The number of aromatic nitrogens is 1. The average Bonchev–Trinajstić information content (AvgIpc) is 2.90. The average molecular weight is 345 g/mol. The number of nitrogens with zero attached hydrogens (tertiary/aromatic N) is 3. The van der Waals surface area contributed by atoms with E-state index in [1.165, 1.54) is 0 Å². The number of fused-ring (bicyclic) bond motifs is 2. The zero-order valence-electron chi connectivity index (χ0n) is 13.4. The molecule has 3 heterocycles. The Morgan fingerprint density at radius 1 is 1.17 bits per heavy atom. The van der Waals surface area contributed by atoms with Gasteiger partial charge in [0.2, 0.25) is 15.9 Å². The van der Waals surface area contributed by atoms with E-state index in [-0.39, 0.29) is 22.9 Å². The summed E-state index contributed by atoms with van der Waals surface area (Å²) >= 11 is 0. The van der Waals surface area contributed by atoms with Crippen LogP contribution in [0.3, 0.4) is 0 Å². The lowest BCUT2D eigenvalue weighted by Crippen LogP contribution is -2.46. The van der Waals surface area contributed by atoms with Crippen molar-refractivity contribution < 1.29 is 13.2 Å². The van der Waals surface area contributed by atoms with E-state index in [0.717, 1.165) is 5.56 Å². The SMILES string of the molecule is CN1C[C@@H]2Oc3ncccc3S(=O)(=O)N(Cc3ccccc3)[C@H]2C1. The standard InChI is InChI=1S/C17H19N3O3S/c1-19-11-14-15(12-19)23-17-16(8-5-9-18-17)24(21,22)20(14)10-13-6-3-2-4-7-13/h2-9,14-15H,10-12H2,1H3/t14-,15-/m0/s1. The molecule has 1 aromatic carbocycles. The first kappa shape index (κ1) is 15.6. The number of sulfonamides is 1. The van der Waals surface area contributed by atoms with Crippen LogP contribution in [0.25, 0.3) is 0 Å². The van der Waals surface area contributed by atoms with Gasteiger partial charge in [-0.3, -0.25) is 0 Å². The van der Waals surface area contributed by atoms with Crippen LogP contribution in [0.5, 0.6) is 5.88 Å². The van der Waals surface area contributed by atoms with Gasteiger partial charge in [0.1, 0.15) is 11.0 Å². The van der Waals surface area contributed by atoms with E-state index in [0.29, 0.717) is 19.6 Å². The maximum absolute atomic E-state index is 13.3. The van der Waals surface area contributed by atoms with Gasteiger partial charge >= 0.3 is 0 Å². The summed E-state index contributed by atoms with van der Waals surface area (Å²) in [5.41, 5.74) is 0.960. The molecule has 0 N–H and O–H groups in total. The predicted molar refractivity (Wildman–Crippen MR) is 89.1 cm³/mol. The third kappa shape index (κ3) is 2.58. The smallest absolute Gasteiger partial charge is 0.249 e. The Kier molecular flexibility index (Phi) is 3.79. The van der Waals surface area contributed by atoms with Crippen molar-refractivity contribution in [1.29, 1.82) is 0 Å².